The maximum absolute atomic E-state index is 14.1. The van der Waals surface area contributed by atoms with Crippen LogP contribution in [-0.2, 0) is 13.0 Å². The maximum Gasteiger partial charge on any atom is 0.164 e. The molecule has 4 rings (SSSR count). The number of halogens is 3. The molecule has 154 valence electrons. The SMILES string of the molecule is FCCOc1c(Cc2c[nH]c3ncccc23)cccc1OCc1ccc(Cl)cc1F. The molecular formula is C23H19ClF2N2O2. The Morgan fingerprint density at radius 3 is 2.73 bits per heavy atom. The van der Waals surface area contributed by atoms with Gasteiger partial charge in [0.1, 0.15) is 31.4 Å². The predicted molar refractivity (Wildman–Crippen MR) is 113 cm³/mol. The van der Waals surface area contributed by atoms with Gasteiger partial charge in [0.15, 0.2) is 11.5 Å². The van der Waals surface area contributed by atoms with E-state index in [1.165, 1.54) is 6.07 Å². The number of para-hydroxylation sites is 1. The molecule has 0 aliphatic rings. The highest BCUT2D eigenvalue weighted by molar-refractivity contribution is 6.30. The Kier molecular flexibility index (Phi) is 6.14. The molecule has 4 aromatic rings. The van der Waals surface area contributed by atoms with Crippen LogP contribution in [0.2, 0.25) is 5.02 Å². The number of hydrogen-bond acceptors (Lipinski definition) is 3. The average Bonchev–Trinajstić information content (AvgIpc) is 3.15. The first kappa shape index (κ1) is 20.2. The summed E-state index contributed by atoms with van der Waals surface area (Å²) in [6.07, 6.45) is 4.16. The third-order valence-corrected chi connectivity index (χ3v) is 4.94. The van der Waals surface area contributed by atoms with Crippen molar-refractivity contribution in [2.24, 2.45) is 0 Å². The number of pyridine rings is 1. The second-order valence-corrected chi connectivity index (χ2v) is 7.13. The summed E-state index contributed by atoms with van der Waals surface area (Å²) in [6.45, 7) is -0.732. The minimum absolute atomic E-state index is 0.00452. The molecule has 2 heterocycles. The second kappa shape index (κ2) is 9.13. The van der Waals surface area contributed by atoms with Crippen molar-refractivity contribution in [3.05, 3.63) is 88.5 Å². The zero-order valence-electron chi connectivity index (χ0n) is 16.0. The molecule has 30 heavy (non-hydrogen) atoms. The first-order valence-electron chi connectivity index (χ1n) is 9.44. The number of H-pyrrole nitrogens is 1. The molecule has 0 saturated heterocycles. The summed E-state index contributed by atoms with van der Waals surface area (Å²) in [5.74, 6) is 0.423. The van der Waals surface area contributed by atoms with Crippen LogP contribution in [0.1, 0.15) is 16.7 Å². The second-order valence-electron chi connectivity index (χ2n) is 6.70. The Labute approximate surface area is 177 Å². The summed E-state index contributed by atoms with van der Waals surface area (Å²) in [5.41, 5.74) is 3.03. The third kappa shape index (κ3) is 4.39. The van der Waals surface area contributed by atoms with Gasteiger partial charge in [0, 0.05) is 40.4 Å². The fraction of sp³-hybridized carbons (Fsp3) is 0.174. The van der Waals surface area contributed by atoms with E-state index in [1.54, 1.807) is 24.4 Å². The Bertz CT molecular complexity index is 1160. The van der Waals surface area contributed by atoms with Crippen LogP contribution in [0.4, 0.5) is 8.78 Å². The summed E-state index contributed by atoms with van der Waals surface area (Å²) in [6, 6.07) is 13.7. The highest BCUT2D eigenvalue weighted by Gasteiger charge is 2.15. The number of benzene rings is 2. The fourth-order valence-corrected chi connectivity index (χ4v) is 3.44. The van der Waals surface area contributed by atoms with Gasteiger partial charge >= 0.3 is 0 Å². The van der Waals surface area contributed by atoms with Gasteiger partial charge in [-0.1, -0.05) is 29.8 Å². The van der Waals surface area contributed by atoms with Gasteiger partial charge in [-0.3, -0.25) is 0 Å². The number of hydrogen-bond donors (Lipinski definition) is 1. The van der Waals surface area contributed by atoms with E-state index in [0.29, 0.717) is 28.5 Å². The number of aromatic amines is 1. The van der Waals surface area contributed by atoms with Gasteiger partial charge in [0.05, 0.1) is 0 Å². The molecule has 2 aromatic carbocycles. The van der Waals surface area contributed by atoms with Crippen LogP contribution in [0.3, 0.4) is 0 Å². The average molecular weight is 429 g/mol. The number of nitrogens with one attached hydrogen (secondary N) is 1. The number of nitrogens with zero attached hydrogens (tertiary/aromatic N) is 1. The zero-order chi connectivity index (χ0) is 20.9. The van der Waals surface area contributed by atoms with E-state index in [1.807, 2.05) is 30.5 Å². The summed E-state index contributed by atoms with van der Waals surface area (Å²) in [5, 5.41) is 1.32. The molecule has 0 spiro atoms. The smallest absolute Gasteiger partial charge is 0.164 e. The molecule has 0 atom stereocenters. The molecule has 7 heteroatoms. The quantitative estimate of drug-likeness (QED) is 0.381. The molecule has 1 N–H and O–H groups in total. The summed E-state index contributed by atoms with van der Waals surface area (Å²) >= 11 is 5.80. The molecule has 0 fully saturated rings. The molecule has 0 bridgehead atoms. The number of ether oxygens (including phenoxy) is 2. The highest BCUT2D eigenvalue weighted by Crippen LogP contribution is 2.34. The van der Waals surface area contributed by atoms with Crippen molar-refractivity contribution >= 4 is 22.6 Å². The van der Waals surface area contributed by atoms with Crippen LogP contribution in [0, 0.1) is 5.82 Å². The van der Waals surface area contributed by atoms with Crippen LogP contribution in [-0.4, -0.2) is 23.2 Å². The number of aromatic nitrogens is 2. The molecular weight excluding hydrogens is 410 g/mol. The van der Waals surface area contributed by atoms with Gasteiger partial charge in [-0.05, 0) is 35.9 Å². The Morgan fingerprint density at radius 2 is 1.90 bits per heavy atom. The van der Waals surface area contributed by atoms with Gasteiger partial charge in [0.2, 0.25) is 0 Å². The van der Waals surface area contributed by atoms with Crippen molar-refractivity contribution < 1.29 is 18.3 Å². The lowest BCUT2D eigenvalue weighted by molar-refractivity contribution is 0.240. The molecule has 0 aliphatic carbocycles. The number of rotatable bonds is 8. The summed E-state index contributed by atoms with van der Waals surface area (Å²) in [7, 11) is 0. The van der Waals surface area contributed by atoms with Crippen LogP contribution in [0.5, 0.6) is 11.5 Å². The maximum atomic E-state index is 14.1. The van der Waals surface area contributed by atoms with Gasteiger partial charge in [-0.2, -0.15) is 0 Å². The normalized spacial score (nSPS) is 11.0. The number of fused-ring (bicyclic) bond motifs is 1. The first-order valence-corrected chi connectivity index (χ1v) is 9.82. The van der Waals surface area contributed by atoms with Crippen molar-refractivity contribution in [2.45, 2.75) is 13.0 Å². The monoisotopic (exact) mass is 428 g/mol. The van der Waals surface area contributed by atoms with Crippen LogP contribution >= 0.6 is 11.6 Å². The standard InChI is InChI=1S/C23H19ClF2N2O2/c24-18-7-6-16(20(26)12-18)14-30-21-5-1-3-15(22(21)29-10-8-25)11-17-13-28-23-19(17)4-2-9-27-23/h1-7,9,12-13H,8,10-11,14H2,(H,27,28). The predicted octanol–water partition coefficient (Wildman–Crippen LogP) is 5.87. The summed E-state index contributed by atoms with van der Waals surface area (Å²) in [4.78, 5) is 7.45. The minimum atomic E-state index is -0.628. The molecule has 0 radical (unpaired) electrons. The van der Waals surface area contributed by atoms with E-state index in [4.69, 9.17) is 21.1 Å². The lowest BCUT2D eigenvalue weighted by Crippen LogP contribution is -2.06. The van der Waals surface area contributed by atoms with Crippen LogP contribution < -0.4 is 9.47 Å². The Hall–Kier alpha value is -3.12. The third-order valence-electron chi connectivity index (χ3n) is 4.70. The summed E-state index contributed by atoms with van der Waals surface area (Å²) < 4.78 is 38.4. The van der Waals surface area contributed by atoms with Crippen molar-refractivity contribution in [2.75, 3.05) is 13.3 Å². The molecule has 2 aromatic heterocycles. The topological polar surface area (TPSA) is 47.1 Å². The molecule has 0 unspecified atom stereocenters. The van der Waals surface area contributed by atoms with Crippen molar-refractivity contribution in [3.8, 4) is 11.5 Å². The first-order chi connectivity index (χ1) is 14.7. The molecule has 0 saturated carbocycles. The Balaban J connectivity index is 1.62. The number of alkyl halides is 1. The van der Waals surface area contributed by atoms with Crippen molar-refractivity contribution in [1.82, 2.24) is 9.97 Å². The van der Waals surface area contributed by atoms with Gasteiger partial charge < -0.3 is 14.5 Å². The fourth-order valence-electron chi connectivity index (χ4n) is 3.28. The van der Waals surface area contributed by atoms with Gasteiger partial charge in [0.25, 0.3) is 0 Å². The van der Waals surface area contributed by atoms with Gasteiger partial charge in [-0.25, -0.2) is 13.8 Å². The van der Waals surface area contributed by atoms with E-state index >= 15 is 0 Å². The van der Waals surface area contributed by atoms with E-state index in [0.717, 1.165) is 22.2 Å². The molecule has 4 nitrogen and oxygen atoms in total. The minimum Gasteiger partial charge on any atom is -0.487 e. The van der Waals surface area contributed by atoms with E-state index < -0.39 is 12.5 Å². The van der Waals surface area contributed by atoms with Gasteiger partial charge in [-0.15, -0.1) is 0 Å². The highest BCUT2D eigenvalue weighted by atomic mass is 35.5. The van der Waals surface area contributed by atoms with E-state index in [2.05, 4.69) is 9.97 Å². The molecule has 0 aliphatic heterocycles. The van der Waals surface area contributed by atoms with Crippen LogP contribution in [0.25, 0.3) is 11.0 Å². The van der Waals surface area contributed by atoms with Crippen LogP contribution in [0.15, 0.2) is 60.9 Å². The van der Waals surface area contributed by atoms with Crippen molar-refractivity contribution in [3.63, 3.8) is 0 Å². The van der Waals surface area contributed by atoms with E-state index in [9.17, 15) is 8.78 Å². The largest absolute Gasteiger partial charge is 0.487 e. The lowest BCUT2D eigenvalue weighted by Gasteiger charge is -2.16. The van der Waals surface area contributed by atoms with Crippen molar-refractivity contribution in [1.29, 1.82) is 0 Å². The Morgan fingerprint density at radius 1 is 1.00 bits per heavy atom. The zero-order valence-corrected chi connectivity index (χ0v) is 16.8. The van der Waals surface area contributed by atoms with E-state index in [-0.39, 0.29) is 13.2 Å². The molecule has 0 amide bonds. The lowest BCUT2D eigenvalue weighted by atomic mass is 10.0.